The SMILES string of the molecule is CCOc1cc(C(=O)N/N=C/c2ccc(OCC(=O)O)c(OCC)c2)ccc1OC. The molecule has 0 atom stereocenters. The zero-order valence-corrected chi connectivity index (χ0v) is 17.0. The lowest BCUT2D eigenvalue weighted by Gasteiger charge is -2.11. The molecule has 1 amide bonds. The van der Waals surface area contributed by atoms with Crippen molar-refractivity contribution >= 4 is 18.1 Å². The van der Waals surface area contributed by atoms with Crippen molar-refractivity contribution in [1.82, 2.24) is 5.43 Å². The highest BCUT2D eigenvalue weighted by atomic mass is 16.5. The van der Waals surface area contributed by atoms with E-state index in [1.807, 2.05) is 6.92 Å². The third-order valence-electron chi connectivity index (χ3n) is 3.72. The van der Waals surface area contributed by atoms with Crippen LogP contribution in [0, 0.1) is 0 Å². The molecule has 160 valence electrons. The zero-order chi connectivity index (χ0) is 21.9. The first-order chi connectivity index (χ1) is 14.5. The van der Waals surface area contributed by atoms with Gasteiger partial charge in [-0.25, -0.2) is 10.2 Å². The molecule has 0 fully saturated rings. The van der Waals surface area contributed by atoms with Crippen LogP contribution in [0.25, 0.3) is 0 Å². The van der Waals surface area contributed by atoms with E-state index in [0.717, 1.165) is 0 Å². The number of nitrogens with one attached hydrogen (secondary N) is 1. The molecule has 9 nitrogen and oxygen atoms in total. The van der Waals surface area contributed by atoms with Crippen molar-refractivity contribution in [2.24, 2.45) is 5.10 Å². The average molecular weight is 416 g/mol. The summed E-state index contributed by atoms with van der Waals surface area (Å²) in [5, 5.41) is 12.7. The minimum atomic E-state index is -1.09. The molecule has 0 spiro atoms. The van der Waals surface area contributed by atoms with E-state index in [0.29, 0.717) is 47.3 Å². The second kappa shape index (κ2) is 11.3. The van der Waals surface area contributed by atoms with Gasteiger partial charge in [0, 0.05) is 5.56 Å². The maximum atomic E-state index is 12.3. The molecule has 0 aliphatic heterocycles. The lowest BCUT2D eigenvalue weighted by Crippen LogP contribution is -2.17. The third-order valence-corrected chi connectivity index (χ3v) is 3.72. The number of ether oxygens (including phenoxy) is 4. The molecule has 2 rings (SSSR count). The van der Waals surface area contributed by atoms with E-state index >= 15 is 0 Å². The Labute approximate surface area is 174 Å². The Bertz CT molecular complexity index is 912. The fourth-order valence-corrected chi connectivity index (χ4v) is 2.45. The molecule has 0 aliphatic rings. The van der Waals surface area contributed by atoms with Gasteiger partial charge in [0.25, 0.3) is 5.91 Å². The molecule has 0 unspecified atom stereocenters. The van der Waals surface area contributed by atoms with Gasteiger partial charge in [-0.15, -0.1) is 0 Å². The molecule has 9 heteroatoms. The van der Waals surface area contributed by atoms with Crippen molar-refractivity contribution in [3.63, 3.8) is 0 Å². The largest absolute Gasteiger partial charge is 0.493 e. The van der Waals surface area contributed by atoms with Crippen LogP contribution < -0.4 is 24.4 Å². The number of hydrogen-bond acceptors (Lipinski definition) is 7. The van der Waals surface area contributed by atoms with Gasteiger partial charge in [-0.2, -0.15) is 5.10 Å². The Hall–Kier alpha value is -3.75. The fourth-order valence-electron chi connectivity index (χ4n) is 2.45. The summed E-state index contributed by atoms with van der Waals surface area (Å²) >= 11 is 0. The van der Waals surface area contributed by atoms with Gasteiger partial charge in [0.15, 0.2) is 29.6 Å². The molecule has 0 saturated heterocycles. The van der Waals surface area contributed by atoms with Crippen molar-refractivity contribution in [3.05, 3.63) is 47.5 Å². The predicted molar refractivity (Wildman–Crippen MR) is 110 cm³/mol. The number of amides is 1. The monoisotopic (exact) mass is 416 g/mol. The van der Waals surface area contributed by atoms with Crippen LogP contribution in [-0.4, -0.2) is 50.1 Å². The van der Waals surface area contributed by atoms with Crippen molar-refractivity contribution in [3.8, 4) is 23.0 Å². The van der Waals surface area contributed by atoms with E-state index < -0.39 is 18.5 Å². The normalized spacial score (nSPS) is 10.5. The summed E-state index contributed by atoms with van der Waals surface area (Å²) in [4.78, 5) is 23.0. The highest BCUT2D eigenvalue weighted by molar-refractivity contribution is 5.95. The Morgan fingerprint density at radius 2 is 1.63 bits per heavy atom. The number of nitrogens with zero attached hydrogens (tertiary/aromatic N) is 1. The van der Waals surface area contributed by atoms with Gasteiger partial charge in [0.05, 0.1) is 26.5 Å². The number of hydrazone groups is 1. The molecule has 0 saturated carbocycles. The average Bonchev–Trinajstić information content (AvgIpc) is 2.73. The van der Waals surface area contributed by atoms with Gasteiger partial charge in [0.1, 0.15) is 0 Å². The third kappa shape index (κ3) is 6.40. The number of carboxylic acids is 1. The van der Waals surface area contributed by atoms with E-state index in [4.69, 9.17) is 24.1 Å². The second-order valence-corrected chi connectivity index (χ2v) is 5.82. The number of carboxylic acid groups (broad SMARTS) is 1. The van der Waals surface area contributed by atoms with E-state index in [1.54, 1.807) is 43.3 Å². The predicted octanol–water partition coefficient (Wildman–Crippen LogP) is 2.72. The van der Waals surface area contributed by atoms with Crippen LogP contribution in [0.3, 0.4) is 0 Å². The highest BCUT2D eigenvalue weighted by Gasteiger charge is 2.11. The number of hydrogen-bond donors (Lipinski definition) is 2. The van der Waals surface area contributed by atoms with E-state index in [1.165, 1.54) is 13.3 Å². The summed E-state index contributed by atoms with van der Waals surface area (Å²) in [6.45, 7) is 3.97. The number of carbonyl (C=O) groups excluding carboxylic acids is 1. The first kappa shape index (κ1) is 22.5. The van der Waals surface area contributed by atoms with Crippen LogP contribution in [-0.2, 0) is 4.79 Å². The van der Waals surface area contributed by atoms with Crippen LogP contribution in [0.2, 0.25) is 0 Å². The Morgan fingerprint density at radius 3 is 2.27 bits per heavy atom. The first-order valence-corrected chi connectivity index (χ1v) is 9.24. The van der Waals surface area contributed by atoms with E-state index in [9.17, 15) is 9.59 Å². The summed E-state index contributed by atoms with van der Waals surface area (Å²) in [6.07, 6.45) is 1.44. The molecule has 0 heterocycles. The minimum Gasteiger partial charge on any atom is -0.493 e. The summed E-state index contributed by atoms with van der Waals surface area (Å²) in [6, 6.07) is 9.71. The quantitative estimate of drug-likeness (QED) is 0.427. The zero-order valence-electron chi connectivity index (χ0n) is 17.0. The summed E-state index contributed by atoms with van der Waals surface area (Å²) < 4.78 is 21.3. The molecule has 2 aromatic rings. The van der Waals surface area contributed by atoms with Crippen molar-refractivity contribution in [2.45, 2.75) is 13.8 Å². The molecule has 2 aromatic carbocycles. The Kier molecular flexibility index (Phi) is 8.49. The fraction of sp³-hybridized carbons (Fsp3) is 0.286. The topological polar surface area (TPSA) is 116 Å². The van der Waals surface area contributed by atoms with Gasteiger partial charge < -0.3 is 24.1 Å². The number of benzene rings is 2. The molecule has 0 bridgehead atoms. The molecule has 0 radical (unpaired) electrons. The van der Waals surface area contributed by atoms with Crippen molar-refractivity contribution in [1.29, 1.82) is 0 Å². The van der Waals surface area contributed by atoms with E-state index in [-0.39, 0.29) is 0 Å². The first-order valence-electron chi connectivity index (χ1n) is 9.24. The standard InChI is InChI=1S/C21H24N2O7/c1-4-28-18-10-14(6-8-17(18)30-13-20(24)25)12-22-23-21(26)15-7-9-16(27-3)19(11-15)29-5-2/h6-12H,4-5,13H2,1-3H3,(H,23,26)(H,24,25)/b22-12+. The van der Waals surface area contributed by atoms with Crippen molar-refractivity contribution in [2.75, 3.05) is 26.9 Å². The maximum Gasteiger partial charge on any atom is 0.341 e. The second-order valence-electron chi connectivity index (χ2n) is 5.82. The molecule has 0 aromatic heterocycles. The minimum absolute atomic E-state index is 0.308. The van der Waals surface area contributed by atoms with Crippen LogP contribution in [0.4, 0.5) is 0 Å². The van der Waals surface area contributed by atoms with E-state index in [2.05, 4.69) is 10.5 Å². The van der Waals surface area contributed by atoms with Crippen LogP contribution >= 0.6 is 0 Å². The van der Waals surface area contributed by atoms with Gasteiger partial charge in [-0.3, -0.25) is 4.79 Å². The molecule has 30 heavy (non-hydrogen) atoms. The number of carbonyl (C=O) groups is 2. The smallest absolute Gasteiger partial charge is 0.341 e. The number of rotatable bonds is 11. The Balaban J connectivity index is 2.08. The van der Waals surface area contributed by atoms with Gasteiger partial charge in [0.2, 0.25) is 0 Å². The molecular weight excluding hydrogens is 392 g/mol. The summed E-state index contributed by atoms with van der Waals surface area (Å²) in [5.74, 6) is 0.186. The molecular formula is C21H24N2O7. The lowest BCUT2D eigenvalue weighted by molar-refractivity contribution is -0.139. The number of methoxy groups -OCH3 is 1. The molecule has 2 N–H and O–H groups in total. The van der Waals surface area contributed by atoms with Crippen molar-refractivity contribution < 1.29 is 33.6 Å². The van der Waals surface area contributed by atoms with Crippen LogP contribution in [0.5, 0.6) is 23.0 Å². The highest BCUT2D eigenvalue weighted by Crippen LogP contribution is 2.29. The number of aliphatic carboxylic acids is 1. The Morgan fingerprint density at radius 1 is 0.967 bits per heavy atom. The maximum absolute atomic E-state index is 12.3. The van der Waals surface area contributed by atoms with Crippen LogP contribution in [0.1, 0.15) is 29.8 Å². The van der Waals surface area contributed by atoms with Gasteiger partial charge in [-0.05, 0) is 55.8 Å². The summed E-state index contributed by atoms with van der Waals surface area (Å²) in [7, 11) is 1.52. The lowest BCUT2D eigenvalue weighted by atomic mass is 10.2. The molecule has 0 aliphatic carbocycles. The van der Waals surface area contributed by atoms with Crippen LogP contribution in [0.15, 0.2) is 41.5 Å². The van der Waals surface area contributed by atoms with Gasteiger partial charge >= 0.3 is 5.97 Å². The van der Waals surface area contributed by atoms with Gasteiger partial charge in [-0.1, -0.05) is 0 Å². The summed E-state index contributed by atoms with van der Waals surface area (Å²) in [5.41, 5.74) is 3.44.